The molecule has 0 aliphatic rings. The van der Waals surface area contributed by atoms with Crippen molar-refractivity contribution >= 4 is 16.5 Å². The predicted octanol–water partition coefficient (Wildman–Crippen LogP) is 2.88. The van der Waals surface area contributed by atoms with Crippen molar-refractivity contribution in [3.05, 3.63) is 29.6 Å². The highest BCUT2D eigenvalue weighted by Crippen LogP contribution is 2.28. The monoisotopic (exact) mass is 234 g/mol. The Hall–Kier alpha value is -1.55. The fraction of sp³-hybridized carbons (Fsp3) is 0.250. The fourth-order valence-corrected chi connectivity index (χ4v) is 2.15. The molecule has 0 radical (unpaired) electrons. The number of methoxy groups -OCH3 is 1. The number of rotatable bonds is 3. The summed E-state index contributed by atoms with van der Waals surface area (Å²) < 4.78 is 5.20. The number of hydrogen-bond donors (Lipinski definition) is 0. The second-order valence-electron chi connectivity index (χ2n) is 3.64. The zero-order valence-electron chi connectivity index (χ0n) is 9.60. The number of hydrogen-bond acceptors (Lipinski definition) is 4. The molecule has 0 N–H and O–H groups in total. The Kier molecular flexibility index (Phi) is 3.10. The summed E-state index contributed by atoms with van der Waals surface area (Å²) in [6.45, 7) is 0. The molecule has 0 aliphatic carbocycles. The highest BCUT2D eigenvalue weighted by atomic mass is 32.1. The van der Waals surface area contributed by atoms with Crippen molar-refractivity contribution in [1.29, 1.82) is 0 Å². The minimum Gasteiger partial charge on any atom is -0.497 e. The maximum absolute atomic E-state index is 5.20. The maximum atomic E-state index is 5.20. The molecule has 1 aromatic carbocycles. The van der Waals surface area contributed by atoms with Crippen LogP contribution in [0, 0.1) is 0 Å². The van der Waals surface area contributed by atoms with E-state index in [1.54, 1.807) is 18.4 Å². The Morgan fingerprint density at radius 1 is 1.31 bits per heavy atom. The molecular formula is C12H14N2OS. The van der Waals surface area contributed by atoms with Crippen molar-refractivity contribution in [3.63, 3.8) is 0 Å². The molecule has 1 aromatic heterocycles. The lowest BCUT2D eigenvalue weighted by Gasteiger charge is -2.05. The Morgan fingerprint density at radius 3 is 2.75 bits per heavy atom. The van der Waals surface area contributed by atoms with E-state index in [0.717, 1.165) is 22.1 Å². The first-order valence-corrected chi connectivity index (χ1v) is 5.86. The van der Waals surface area contributed by atoms with Crippen molar-refractivity contribution in [2.45, 2.75) is 0 Å². The molecule has 4 heteroatoms. The summed E-state index contributed by atoms with van der Waals surface area (Å²) in [6.07, 6.45) is 0. The topological polar surface area (TPSA) is 25.4 Å². The highest BCUT2D eigenvalue weighted by molar-refractivity contribution is 7.14. The molecule has 2 rings (SSSR count). The van der Waals surface area contributed by atoms with Crippen LogP contribution in [0.4, 0.5) is 5.13 Å². The third kappa shape index (κ3) is 2.17. The molecule has 0 atom stereocenters. The Balaban J connectivity index is 2.34. The van der Waals surface area contributed by atoms with Gasteiger partial charge in [-0.25, -0.2) is 4.98 Å². The summed E-state index contributed by atoms with van der Waals surface area (Å²) in [6, 6.07) is 7.94. The van der Waals surface area contributed by atoms with Gasteiger partial charge in [-0.15, -0.1) is 11.3 Å². The van der Waals surface area contributed by atoms with Crippen LogP contribution in [0.2, 0.25) is 0 Å². The van der Waals surface area contributed by atoms with E-state index in [1.807, 2.05) is 43.3 Å². The molecule has 0 saturated carbocycles. The molecule has 84 valence electrons. The Bertz CT molecular complexity index is 479. The van der Waals surface area contributed by atoms with E-state index >= 15 is 0 Å². The van der Waals surface area contributed by atoms with Crippen molar-refractivity contribution in [3.8, 4) is 17.0 Å². The molecular weight excluding hydrogens is 220 g/mol. The summed E-state index contributed by atoms with van der Waals surface area (Å²) >= 11 is 1.64. The van der Waals surface area contributed by atoms with Gasteiger partial charge in [-0.1, -0.05) is 12.1 Å². The van der Waals surface area contributed by atoms with Crippen LogP contribution < -0.4 is 9.64 Å². The molecule has 2 aromatic rings. The smallest absolute Gasteiger partial charge is 0.185 e. The van der Waals surface area contributed by atoms with Crippen molar-refractivity contribution < 1.29 is 4.74 Å². The van der Waals surface area contributed by atoms with Gasteiger partial charge in [0.2, 0.25) is 0 Å². The van der Waals surface area contributed by atoms with Crippen molar-refractivity contribution in [2.75, 3.05) is 26.1 Å². The Morgan fingerprint density at radius 2 is 2.12 bits per heavy atom. The second-order valence-corrected chi connectivity index (χ2v) is 4.48. The van der Waals surface area contributed by atoms with Gasteiger partial charge in [0.1, 0.15) is 5.75 Å². The first-order chi connectivity index (χ1) is 7.70. The normalized spacial score (nSPS) is 10.2. The van der Waals surface area contributed by atoms with Gasteiger partial charge in [0, 0.05) is 25.0 Å². The molecule has 0 fully saturated rings. The Labute approximate surface area is 99.3 Å². The number of anilines is 1. The van der Waals surface area contributed by atoms with Crippen LogP contribution in [-0.4, -0.2) is 26.2 Å². The minimum atomic E-state index is 0.858. The predicted molar refractivity (Wildman–Crippen MR) is 68.4 cm³/mol. The number of benzene rings is 1. The van der Waals surface area contributed by atoms with Crippen LogP contribution in [0.15, 0.2) is 29.6 Å². The summed E-state index contributed by atoms with van der Waals surface area (Å²) in [4.78, 5) is 6.55. The molecule has 0 aliphatic heterocycles. The number of nitrogens with zero attached hydrogens (tertiary/aromatic N) is 2. The molecule has 1 heterocycles. The molecule has 0 amide bonds. The lowest BCUT2D eigenvalue weighted by Crippen LogP contribution is -2.07. The van der Waals surface area contributed by atoms with Gasteiger partial charge >= 0.3 is 0 Å². The standard InChI is InChI=1S/C12H14N2OS/c1-14(2)12-13-11(8-16-12)9-5-4-6-10(7-9)15-3/h4-8H,1-3H3. The van der Waals surface area contributed by atoms with Gasteiger partial charge in [-0.3, -0.25) is 0 Å². The van der Waals surface area contributed by atoms with Crippen LogP contribution in [0.5, 0.6) is 5.75 Å². The third-order valence-electron chi connectivity index (χ3n) is 2.24. The maximum Gasteiger partial charge on any atom is 0.185 e. The van der Waals surface area contributed by atoms with E-state index in [0.29, 0.717) is 0 Å². The van der Waals surface area contributed by atoms with Crippen LogP contribution in [0.3, 0.4) is 0 Å². The number of thiazole rings is 1. The van der Waals surface area contributed by atoms with Gasteiger partial charge < -0.3 is 9.64 Å². The molecule has 0 spiro atoms. The first-order valence-electron chi connectivity index (χ1n) is 4.98. The summed E-state index contributed by atoms with van der Waals surface area (Å²) in [5.41, 5.74) is 2.08. The van der Waals surface area contributed by atoms with Gasteiger partial charge in [-0.05, 0) is 12.1 Å². The largest absolute Gasteiger partial charge is 0.497 e. The number of aromatic nitrogens is 1. The average Bonchev–Trinajstić information content (AvgIpc) is 2.78. The van der Waals surface area contributed by atoms with Crippen LogP contribution in [0.25, 0.3) is 11.3 Å². The van der Waals surface area contributed by atoms with E-state index in [-0.39, 0.29) is 0 Å². The van der Waals surface area contributed by atoms with Gasteiger partial charge in [0.25, 0.3) is 0 Å². The third-order valence-corrected chi connectivity index (χ3v) is 3.25. The summed E-state index contributed by atoms with van der Waals surface area (Å²) in [7, 11) is 5.66. The quantitative estimate of drug-likeness (QED) is 0.816. The molecule has 3 nitrogen and oxygen atoms in total. The van der Waals surface area contributed by atoms with Gasteiger partial charge in [0.05, 0.1) is 12.8 Å². The molecule has 0 saturated heterocycles. The SMILES string of the molecule is COc1cccc(-c2csc(N(C)C)n2)c1. The van der Waals surface area contributed by atoms with E-state index in [2.05, 4.69) is 10.4 Å². The zero-order valence-corrected chi connectivity index (χ0v) is 10.4. The molecule has 16 heavy (non-hydrogen) atoms. The second kappa shape index (κ2) is 4.53. The van der Waals surface area contributed by atoms with Crippen LogP contribution in [0.1, 0.15) is 0 Å². The van der Waals surface area contributed by atoms with Crippen LogP contribution >= 0.6 is 11.3 Å². The van der Waals surface area contributed by atoms with Crippen molar-refractivity contribution in [2.24, 2.45) is 0 Å². The van der Waals surface area contributed by atoms with E-state index in [4.69, 9.17) is 4.74 Å². The summed E-state index contributed by atoms with van der Waals surface area (Å²) in [5.74, 6) is 0.858. The lowest BCUT2D eigenvalue weighted by atomic mass is 10.2. The van der Waals surface area contributed by atoms with Gasteiger partial charge in [0.15, 0.2) is 5.13 Å². The average molecular weight is 234 g/mol. The molecule has 0 unspecified atom stereocenters. The van der Waals surface area contributed by atoms with E-state index < -0.39 is 0 Å². The van der Waals surface area contributed by atoms with E-state index in [1.165, 1.54) is 0 Å². The zero-order chi connectivity index (χ0) is 11.5. The minimum absolute atomic E-state index is 0.858. The molecule has 0 bridgehead atoms. The van der Waals surface area contributed by atoms with Crippen LogP contribution in [-0.2, 0) is 0 Å². The highest BCUT2D eigenvalue weighted by Gasteiger charge is 2.06. The summed E-state index contributed by atoms with van der Waals surface area (Å²) in [5, 5.41) is 3.07. The number of ether oxygens (including phenoxy) is 1. The van der Waals surface area contributed by atoms with Gasteiger partial charge in [-0.2, -0.15) is 0 Å². The first kappa shape index (κ1) is 11.0. The fourth-order valence-electron chi connectivity index (χ4n) is 1.38. The van der Waals surface area contributed by atoms with Crippen molar-refractivity contribution in [1.82, 2.24) is 4.98 Å². The lowest BCUT2D eigenvalue weighted by molar-refractivity contribution is 0.415. The van der Waals surface area contributed by atoms with E-state index in [9.17, 15) is 0 Å².